The molecule has 0 aliphatic carbocycles. The molecule has 3 heteroatoms. The van der Waals surface area contributed by atoms with Gasteiger partial charge in [0.15, 0.2) is 0 Å². The van der Waals surface area contributed by atoms with E-state index in [-0.39, 0.29) is 6.10 Å². The van der Waals surface area contributed by atoms with E-state index >= 15 is 0 Å². The number of ether oxygens (including phenoxy) is 1. The molecule has 1 N–H and O–H groups in total. The highest BCUT2D eigenvalue weighted by Gasteiger charge is 2.26. The standard InChI is InChI=1S/C13H19NO2/c1-2-12(15)8-14(9-13-10-16-13)11-6-4-3-5-7-11/h3-7,12-13,15H,2,8-10H2,1H3. The molecule has 1 aromatic rings. The highest BCUT2D eigenvalue weighted by molar-refractivity contribution is 5.46. The minimum atomic E-state index is -0.265. The molecule has 3 nitrogen and oxygen atoms in total. The van der Waals surface area contributed by atoms with Gasteiger partial charge in [0.05, 0.1) is 18.8 Å². The minimum Gasteiger partial charge on any atom is -0.391 e. The summed E-state index contributed by atoms with van der Waals surface area (Å²) in [6.07, 6.45) is 0.873. The first-order valence-corrected chi connectivity index (χ1v) is 5.89. The first-order chi connectivity index (χ1) is 7.79. The Labute approximate surface area is 96.6 Å². The normalized spacial score (nSPS) is 20.5. The Kier molecular flexibility index (Phi) is 3.80. The van der Waals surface area contributed by atoms with Gasteiger partial charge in [0.25, 0.3) is 0 Å². The van der Waals surface area contributed by atoms with Crippen molar-refractivity contribution in [3.63, 3.8) is 0 Å². The number of rotatable bonds is 6. The van der Waals surface area contributed by atoms with Crippen LogP contribution in [0.1, 0.15) is 13.3 Å². The van der Waals surface area contributed by atoms with Crippen LogP contribution in [-0.2, 0) is 4.74 Å². The van der Waals surface area contributed by atoms with E-state index in [0.717, 1.165) is 25.3 Å². The van der Waals surface area contributed by atoms with Crippen molar-refractivity contribution in [1.29, 1.82) is 0 Å². The number of para-hydroxylation sites is 1. The fraction of sp³-hybridized carbons (Fsp3) is 0.538. The molecule has 0 bridgehead atoms. The van der Waals surface area contributed by atoms with Crippen LogP contribution in [0.5, 0.6) is 0 Å². The van der Waals surface area contributed by atoms with Gasteiger partial charge in [-0.15, -0.1) is 0 Å². The van der Waals surface area contributed by atoms with Gasteiger partial charge in [-0.25, -0.2) is 0 Å². The second-order valence-corrected chi connectivity index (χ2v) is 4.26. The van der Waals surface area contributed by atoms with Crippen LogP contribution in [0.2, 0.25) is 0 Å². The zero-order valence-corrected chi connectivity index (χ0v) is 9.67. The van der Waals surface area contributed by atoms with E-state index in [1.807, 2.05) is 25.1 Å². The Balaban J connectivity index is 2.01. The Hall–Kier alpha value is -1.06. The van der Waals surface area contributed by atoms with Gasteiger partial charge in [0.2, 0.25) is 0 Å². The first-order valence-electron chi connectivity index (χ1n) is 5.89. The van der Waals surface area contributed by atoms with Gasteiger partial charge in [-0.1, -0.05) is 25.1 Å². The fourth-order valence-corrected chi connectivity index (χ4v) is 1.73. The van der Waals surface area contributed by atoms with E-state index in [4.69, 9.17) is 4.74 Å². The summed E-state index contributed by atoms with van der Waals surface area (Å²) in [6.45, 7) is 4.41. The molecule has 88 valence electrons. The summed E-state index contributed by atoms with van der Waals surface area (Å²) in [5, 5.41) is 9.74. The average molecular weight is 221 g/mol. The zero-order valence-electron chi connectivity index (χ0n) is 9.67. The van der Waals surface area contributed by atoms with Crippen molar-refractivity contribution in [2.75, 3.05) is 24.6 Å². The third-order valence-electron chi connectivity index (χ3n) is 2.85. The molecular weight excluding hydrogens is 202 g/mol. The van der Waals surface area contributed by atoms with E-state index < -0.39 is 0 Å². The summed E-state index contributed by atoms with van der Waals surface area (Å²) in [5.74, 6) is 0. The third kappa shape index (κ3) is 3.22. The van der Waals surface area contributed by atoms with Crippen molar-refractivity contribution in [3.05, 3.63) is 30.3 Å². The Morgan fingerprint density at radius 2 is 2.12 bits per heavy atom. The number of anilines is 1. The predicted octanol–water partition coefficient (Wildman–Crippen LogP) is 1.66. The van der Waals surface area contributed by atoms with Gasteiger partial charge in [-0.3, -0.25) is 0 Å². The molecule has 1 aromatic carbocycles. The van der Waals surface area contributed by atoms with Crippen LogP contribution in [0, 0.1) is 0 Å². The molecule has 2 rings (SSSR count). The lowest BCUT2D eigenvalue weighted by Crippen LogP contribution is -2.35. The predicted molar refractivity (Wildman–Crippen MR) is 64.7 cm³/mol. The van der Waals surface area contributed by atoms with Crippen LogP contribution in [0.15, 0.2) is 30.3 Å². The van der Waals surface area contributed by atoms with E-state index in [1.54, 1.807) is 0 Å². The number of aliphatic hydroxyl groups excluding tert-OH is 1. The lowest BCUT2D eigenvalue weighted by Gasteiger charge is -2.26. The Morgan fingerprint density at radius 3 is 2.69 bits per heavy atom. The lowest BCUT2D eigenvalue weighted by atomic mass is 10.2. The van der Waals surface area contributed by atoms with Gasteiger partial charge in [-0.2, -0.15) is 0 Å². The molecule has 1 aliphatic heterocycles. The maximum absolute atomic E-state index is 9.74. The maximum Gasteiger partial charge on any atom is 0.0984 e. The number of hydrogen-bond donors (Lipinski definition) is 1. The first kappa shape index (κ1) is 11.4. The molecular formula is C13H19NO2. The van der Waals surface area contributed by atoms with Crippen LogP contribution in [0.4, 0.5) is 5.69 Å². The summed E-state index contributed by atoms with van der Waals surface area (Å²) < 4.78 is 5.25. The van der Waals surface area contributed by atoms with Crippen molar-refractivity contribution >= 4 is 5.69 Å². The number of hydrogen-bond acceptors (Lipinski definition) is 3. The van der Waals surface area contributed by atoms with Crippen LogP contribution in [-0.4, -0.2) is 37.0 Å². The summed E-state index contributed by atoms with van der Waals surface area (Å²) in [5.41, 5.74) is 1.16. The summed E-state index contributed by atoms with van der Waals surface area (Å²) in [4.78, 5) is 2.20. The van der Waals surface area contributed by atoms with E-state index in [2.05, 4.69) is 17.0 Å². The van der Waals surface area contributed by atoms with Crippen molar-refractivity contribution in [3.8, 4) is 0 Å². The zero-order chi connectivity index (χ0) is 11.4. The smallest absolute Gasteiger partial charge is 0.0984 e. The van der Waals surface area contributed by atoms with Gasteiger partial charge < -0.3 is 14.7 Å². The van der Waals surface area contributed by atoms with E-state index in [1.165, 1.54) is 0 Å². The van der Waals surface area contributed by atoms with Crippen LogP contribution in [0.3, 0.4) is 0 Å². The quantitative estimate of drug-likeness (QED) is 0.742. The van der Waals surface area contributed by atoms with Gasteiger partial charge >= 0.3 is 0 Å². The van der Waals surface area contributed by atoms with Crippen molar-refractivity contribution in [2.24, 2.45) is 0 Å². The van der Waals surface area contributed by atoms with Gasteiger partial charge in [0.1, 0.15) is 0 Å². The fourth-order valence-electron chi connectivity index (χ4n) is 1.73. The molecule has 0 saturated carbocycles. The molecule has 1 saturated heterocycles. The van der Waals surface area contributed by atoms with Crippen LogP contribution >= 0.6 is 0 Å². The van der Waals surface area contributed by atoms with E-state index in [0.29, 0.717) is 12.6 Å². The summed E-state index contributed by atoms with van der Waals surface area (Å²) in [7, 11) is 0. The average Bonchev–Trinajstić information content (AvgIpc) is 3.13. The largest absolute Gasteiger partial charge is 0.391 e. The minimum absolute atomic E-state index is 0.265. The number of aliphatic hydroxyl groups is 1. The molecule has 0 aromatic heterocycles. The number of nitrogens with zero attached hydrogens (tertiary/aromatic N) is 1. The number of epoxide rings is 1. The SMILES string of the molecule is CCC(O)CN(CC1CO1)c1ccccc1. The highest BCUT2D eigenvalue weighted by atomic mass is 16.6. The second-order valence-electron chi connectivity index (χ2n) is 4.26. The van der Waals surface area contributed by atoms with Crippen molar-refractivity contribution in [2.45, 2.75) is 25.6 Å². The molecule has 2 unspecified atom stereocenters. The highest BCUT2D eigenvalue weighted by Crippen LogP contribution is 2.19. The van der Waals surface area contributed by atoms with Crippen LogP contribution < -0.4 is 4.90 Å². The van der Waals surface area contributed by atoms with Crippen LogP contribution in [0.25, 0.3) is 0 Å². The third-order valence-corrected chi connectivity index (χ3v) is 2.85. The summed E-state index contributed by atoms with van der Waals surface area (Å²) >= 11 is 0. The Bertz CT molecular complexity index is 311. The Morgan fingerprint density at radius 1 is 1.44 bits per heavy atom. The molecule has 0 radical (unpaired) electrons. The van der Waals surface area contributed by atoms with Gasteiger partial charge in [0, 0.05) is 18.8 Å². The number of benzene rings is 1. The second kappa shape index (κ2) is 5.32. The van der Waals surface area contributed by atoms with Crippen molar-refractivity contribution in [1.82, 2.24) is 0 Å². The molecule has 1 aliphatic rings. The lowest BCUT2D eigenvalue weighted by molar-refractivity contribution is 0.175. The topological polar surface area (TPSA) is 36.0 Å². The molecule has 2 atom stereocenters. The van der Waals surface area contributed by atoms with E-state index in [9.17, 15) is 5.11 Å². The molecule has 16 heavy (non-hydrogen) atoms. The van der Waals surface area contributed by atoms with Gasteiger partial charge in [-0.05, 0) is 18.6 Å². The summed E-state index contributed by atoms with van der Waals surface area (Å²) in [6, 6.07) is 10.2. The monoisotopic (exact) mass is 221 g/mol. The maximum atomic E-state index is 9.74. The molecule has 0 spiro atoms. The molecule has 0 amide bonds. The molecule has 1 heterocycles. The van der Waals surface area contributed by atoms with Crippen molar-refractivity contribution < 1.29 is 9.84 Å². The molecule has 1 fully saturated rings.